The summed E-state index contributed by atoms with van der Waals surface area (Å²) in [4.78, 5) is 0. The molecule has 20 heavy (non-hydrogen) atoms. The molecule has 110 valence electrons. The fraction of sp³-hybridized carbons (Fsp3) is 0.647. The van der Waals surface area contributed by atoms with Crippen molar-refractivity contribution in [3.8, 4) is 5.75 Å². The molecule has 1 fully saturated rings. The van der Waals surface area contributed by atoms with Crippen LogP contribution in [-0.2, 0) is 4.74 Å². The third kappa shape index (κ3) is 2.84. The molecule has 0 saturated carbocycles. The van der Waals surface area contributed by atoms with Crippen LogP contribution in [0.2, 0.25) is 0 Å². The fourth-order valence-electron chi connectivity index (χ4n) is 3.32. The van der Waals surface area contributed by atoms with Gasteiger partial charge in [-0.2, -0.15) is 0 Å². The molecule has 0 amide bonds. The standard InChI is InChI=1S/C17H25NO2/c1-12-13(8-9-19-12)11-18-15-10-17(2,3)20-16-7-5-4-6-14(15)16/h4-7,12-13,15,18H,8-11H2,1-3H3. The Balaban J connectivity index is 1.72. The molecule has 1 saturated heterocycles. The second kappa shape index (κ2) is 5.38. The first kappa shape index (κ1) is 13.9. The van der Waals surface area contributed by atoms with Crippen molar-refractivity contribution in [3.63, 3.8) is 0 Å². The Labute approximate surface area is 121 Å². The molecule has 3 rings (SSSR count). The molecule has 1 N–H and O–H groups in total. The summed E-state index contributed by atoms with van der Waals surface area (Å²) in [7, 11) is 0. The van der Waals surface area contributed by atoms with Gasteiger partial charge >= 0.3 is 0 Å². The summed E-state index contributed by atoms with van der Waals surface area (Å²) in [6, 6.07) is 8.77. The van der Waals surface area contributed by atoms with E-state index in [1.807, 2.05) is 6.07 Å². The van der Waals surface area contributed by atoms with E-state index in [4.69, 9.17) is 9.47 Å². The molecule has 0 radical (unpaired) electrons. The molecule has 3 unspecified atom stereocenters. The van der Waals surface area contributed by atoms with Crippen LogP contribution in [0.1, 0.15) is 45.2 Å². The van der Waals surface area contributed by atoms with Crippen LogP contribution in [0, 0.1) is 5.92 Å². The highest BCUT2D eigenvalue weighted by atomic mass is 16.5. The monoisotopic (exact) mass is 275 g/mol. The van der Waals surface area contributed by atoms with Gasteiger partial charge in [0.15, 0.2) is 0 Å². The molecular formula is C17H25NO2. The number of ether oxygens (including phenoxy) is 2. The maximum Gasteiger partial charge on any atom is 0.124 e. The lowest BCUT2D eigenvalue weighted by Crippen LogP contribution is -2.41. The first-order valence-electron chi connectivity index (χ1n) is 7.68. The Hall–Kier alpha value is -1.06. The summed E-state index contributed by atoms with van der Waals surface area (Å²) in [6.07, 6.45) is 2.56. The van der Waals surface area contributed by atoms with Crippen molar-refractivity contribution in [2.45, 2.75) is 51.4 Å². The minimum Gasteiger partial charge on any atom is -0.487 e. The van der Waals surface area contributed by atoms with Gasteiger partial charge < -0.3 is 14.8 Å². The van der Waals surface area contributed by atoms with Gasteiger partial charge in [0.2, 0.25) is 0 Å². The molecule has 3 nitrogen and oxygen atoms in total. The van der Waals surface area contributed by atoms with Gasteiger partial charge in [-0.15, -0.1) is 0 Å². The third-order valence-corrected chi connectivity index (χ3v) is 4.54. The van der Waals surface area contributed by atoms with E-state index in [0.717, 1.165) is 25.3 Å². The normalized spacial score (nSPS) is 31.6. The number of rotatable bonds is 3. The second-order valence-electron chi connectivity index (χ2n) is 6.69. The minimum atomic E-state index is -0.107. The Morgan fingerprint density at radius 3 is 2.85 bits per heavy atom. The molecule has 0 bridgehead atoms. The Morgan fingerprint density at radius 1 is 1.30 bits per heavy atom. The Morgan fingerprint density at radius 2 is 2.10 bits per heavy atom. The minimum absolute atomic E-state index is 0.107. The second-order valence-corrected chi connectivity index (χ2v) is 6.69. The highest BCUT2D eigenvalue weighted by Gasteiger charge is 2.34. The Bertz CT molecular complexity index is 472. The predicted octanol–water partition coefficient (Wildman–Crippen LogP) is 3.30. The first-order chi connectivity index (χ1) is 9.55. The molecule has 0 aromatic heterocycles. The lowest BCUT2D eigenvalue weighted by molar-refractivity contribution is 0.0631. The van der Waals surface area contributed by atoms with Gasteiger partial charge in [-0.25, -0.2) is 0 Å². The summed E-state index contributed by atoms with van der Waals surface area (Å²) in [5.74, 6) is 1.66. The van der Waals surface area contributed by atoms with Gasteiger partial charge in [0.25, 0.3) is 0 Å². The van der Waals surface area contributed by atoms with E-state index in [2.05, 4.69) is 44.3 Å². The van der Waals surface area contributed by atoms with Gasteiger partial charge in [-0.1, -0.05) is 18.2 Å². The molecule has 0 spiro atoms. The lowest BCUT2D eigenvalue weighted by Gasteiger charge is -2.38. The van der Waals surface area contributed by atoms with Gasteiger partial charge in [0, 0.05) is 31.2 Å². The molecule has 1 aromatic carbocycles. The van der Waals surface area contributed by atoms with Crippen molar-refractivity contribution in [2.75, 3.05) is 13.2 Å². The molecule has 3 heteroatoms. The van der Waals surface area contributed by atoms with E-state index in [0.29, 0.717) is 18.1 Å². The van der Waals surface area contributed by atoms with E-state index in [9.17, 15) is 0 Å². The van der Waals surface area contributed by atoms with Crippen molar-refractivity contribution in [1.82, 2.24) is 5.32 Å². The summed E-state index contributed by atoms with van der Waals surface area (Å²) >= 11 is 0. The molecule has 2 aliphatic heterocycles. The van der Waals surface area contributed by atoms with Crippen LogP contribution in [0.4, 0.5) is 0 Å². The lowest BCUT2D eigenvalue weighted by atomic mass is 9.89. The smallest absolute Gasteiger partial charge is 0.124 e. The van der Waals surface area contributed by atoms with Crippen molar-refractivity contribution in [2.24, 2.45) is 5.92 Å². The SMILES string of the molecule is CC1OCCC1CNC1CC(C)(C)Oc2ccccc21. The zero-order valence-corrected chi connectivity index (χ0v) is 12.7. The number of para-hydroxylation sites is 1. The van der Waals surface area contributed by atoms with Crippen molar-refractivity contribution in [3.05, 3.63) is 29.8 Å². The zero-order valence-electron chi connectivity index (χ0n) is 12.7. The highest BCUT2D eigenvalue weighted by Crippen LogP contribution is 2.39. The predicted molar refractivity (Wildman–Crippen MR) is 80.0 cm³/mol. The van der Waals surface area contributed by atoms with Gasteiger partial charge in [-0.05, 0) is 39.2 Å². The fourth-order valence-corrected chi connectivity index (χ4v) is 3.32. The van der Waals surface area contributed by atoms with E-state index in [-0.39, 0.29) is 5.60 Å². The maximum atomic E-state index is 6.08. The van der Waals surface area contributed by atoms with Crippen molar-refractivity contribution >= 4 is 0 Å². The molecule has 1 aromatic rings. The molecule has 0 aliphatic carbocycles. The number of benzene rings is 1. The summed E-state index contributed by atoms with van der Waals surface area (Å²) < 4.78 is 11.7. The van der Waals surface area contributed by atoms with Crippen LogP contribution in [0.3, 0.4) is 0 Å². The van der Waals surface area contributed by atoms with E-state index in [1.165, 1.54) is 12.0 Å². The van der Waals surface area contributed by atoms with Crippen molar-refractivity contribution < 1.29 is 9.47 Å². The van der Waals surface area contributed by atoms with Crippen LogP contribution in [0.25, 0.3) is 0 Å². The van der Waals surface area contributed by atoms with E-state index >= 15 is 0 Å². The average molecular weight is 275 g/mol. The van der Waals surface area contributed by atoms with Crippen LogP contribution in [0.15, 0.2) is 24.3 Å². The van der Waals surface area contributed by atoms with Gasteiger partial charge in [-0.3, -0.25) is 0 Å². The summed E-state index contributed by atoms with van der Waals surface area (Å²) in [5, 5.41) is 3.75. The quantitative estimate of drug-likeness (QED) is 0.918. The highest BCUT2D eigenvalue weighted by molar-refractivity contribution is 5.38. The summed E-state index contributed by atoms with van der Waals surface area (Å²) in [6.45, 7) is 8.44. The van der Waals surface area contributed by atoms with Crippen molar-refractivity contribution in [1.29, 1.82) is 0 Å². The van der Waals surface area contributed by atoms with Gasteiger partial charge in [0.1, 0.15) is 11.4 Å². The molecule has 3 atom stereocenters. The third-order valence-electron chi connectivity index (χ3n) is 4.54. The number of nitrogens with one attached hydrogen (secondary N) is 1. The van der Waals surface area contributed by atoms with E-state index in [1.54, 1.807) is 0 Å². The zero-order chi connectivity index (χ0) is 14.2. The summed E-state index contributed by atoms with van der Waals surface area (Å²) in [5.41, 5.74) is 1.18. The average Bonchev–Trinajstić information content (AvgIpc) is 2.80. The number of fused-ring (bicyclic) bond motifs is 1. The van der Waals surface area contributed by atoms with Crippen LogP contribution < -0.4 is 10.1 Å². The Kier molecular flexibility index (Phi) is 3.74. The molecular weight excluding hydrogens is 250 g/mol. The van der Waals surface area contributed by atoms with Gasteiger partial charge in [0.05, 0.1) is 6.10 Å². The molecule has 2 heterocycles. The van der Waals surface area contributed by atoms with Crippen LogP contribution in [-0.4, -0.2) is 24.9 Å². The maximum absolute atomic E-state index is 6.08. The first-order valence-corrected chi connectivity index (χ1v) is 7.68. The van der Waals surface area contributed by atoms with Crippen LogP contribution in [0.5, 0.6) is 5.75 Å². The molecule has 2 aliphatic rings. The van der Waals surface area contributed by atoms with E-state index < -0.39 is 0 Å². The van der Waals surface area contributed by atoms with Crippen LogP contribution >= 0.6 is 0 Å². The topological polar surface area (TPSA) is 30.5 Å². The largest absolute Gasteiger partial charge is 0.487 e. The number of hydrogen-bond donors (Lipinski definition) is 1. The number of hydrogen-bond acceptors (Lipinski definition) is 3.